The SMILES string of the molecule is NC1=NC(N)(c2ccccc2)NN1c1cc(N2CCNCC2)ncn1. The van der Waals surface area contributed by atoms with Crippen molar-refractivity contribution < 1.29 is 0 Å². The zero-order valence-corrected chi connectivity index (χ0v) is 13.8. The van der Waals surface area contributed by atoms with Crippen LogP contribution in [0.3, 0.4) is 0 Å². The molecule has 25 heavy (non-hydrogen) atoms. The van der Waals surface area contributed by atoms with Crippen LogP contribution < -0.4 is 32.1 Å². The maximum atomic E-state index is 6.40. The Morgan fingerprint density at radius 2 is 1.76 bits per heavy atom. The Morgan fingerprint density at radius 3 is 2.52 bits per heavy atom. The molecule has 0 bridgehead atoms. The number of aliphatic imine (C=N–C) groups is 1. The van der Waals surface area contributed by atoms with Gasteiger partial charge in [-0.2, -0.15) is 5.43 Å². The van der Waals surface area contributed by atoms with Crippen LogP contribution in [0.25, 0.3) is 0 Å². The maximum absolute atomic E-state index is 6.40. The lowest BCUT2D eigenvalue weighted by atomic mass is 10.1. The number of rotatable bonds is 3. The third kappa shape index (κ3) is 3.00. The zero-order chi connectivity index (χ0) is 17.3. The molecule has 1 atom stereocenters. The van der Waals surface area contributed by atoms with Crippen molar-refractivity contribution >= 4 is 17.6 Å². The summed E-state index contributed by atoms with van der Waals surface area (Å²) < 4.78 is 0. The molecule has 2 aliphatic rings. The first-order chi connectivity index (χ1) is 12.2. The highest BCUT2D eigenvalue weighted by molar-refractivity contribution is 5.95. The fraction of sp³-hybridized carbons (Fsp3) is 0.312. The van der Waals surface area contributed by atoms with E-state index in [1.807, 2.05) is 36.4 Å². The molecule has 0 saturated carbocycles. The van der Waals surface area contributed by atoms with Crippen molar-refractivity contribution in [2.75, 3.05) is 36.1 Å². The molecule has 2 aromatic rings. The second-order valence-electron chi connectivity index (χ2n) is 6.02. The Balaban J connectivity index is 1.60. The van der Waals surface area contributed by atoms with Gasteiger partial charge in [0.1, 0.15) is 12.1 Å². The molecule has 1 fully saturated rings. The third-order valence-corrected chi connectivity index (χ3v) is 4.32. The fourth-order valence-corrected chi connectivity index (χ4v) is 3.01. The molecule has 6 N–H and O–H groups in total. The van der Waals surface area contributed by atoms with Crippen LogP contribution in [0.5, 0.6) is 0 Å². The van der Waals surface area contributed by atoms with Crippen LogP contribution in [0.2, 0.25) is 0 Å². The summed E-state index contributed by atoms with van der Waals surface area (Å²) in [7, 11) is 0. The minimum absolute atomic E-state index is 0.260. The van der Waals surface area contributed by atoms with Crippen LogP contribution in [0.1, 0.15) is 5.56 Å². The standard InChI is InChI=1S/C16H21N9/c17-15-22-16(18,12-4-2-1-3-5-12)23-25(15)14-10-13(20-11-21-14)24-8-6-19-7-9-24/h1-5,10-11,19,23H,6-9,18H2,(H2,17,22). The highest BCUT2D eigenvalue weighted by Gasteiger charge is 2.37. The molecule has 130 valence electrons. The van der Waals surface area contributed by atoms with Crippen molar-refractivity contribution in [2.24, 2.45) is 16.5 Å². The molecule has 9 nitrogen and oxygen atoms in total. The van der Waals surface area contributed by atoms with E-state index in [1.165, 1.54) is 6.33 Å². The Hall–Kier alpha value is -2.75. The third-order valence-electron chi connectivity index (χ3n) is 4.32. The van der Waals surface area contributed by atoms with E-state index in [1.54, 1.807) is 5.01 Å². The number of anilines is 2. The first-order valence-electron chi connectivity index (χ1n) is 8.21. The van der Waals surface area contributed by atoms with Crippen molar-refractivity contribution in [3.63, 3.8) is 0 Å². The van der Waals surface area contributed by atoms with Crippen LogP contribution in [0, 0.1) is 0 Å². The smallest absolute Gasteiger partial charge is 0.215 e. The van der Waals surface area contributed by atoms with Crippen molar-refractivity contribution in [3.05, 3.63) is 48.3 Å². The molecule has 2 aliphatic heterocycles. The molecule has 4 rings (SSSR count). The molecule has 1 aromatic heterocycles. The van der Waals surface area contributed by atoms with Crippen LogP contribution in [0.4, 0.5) is 11.6 Å². The number of hydrazine groups is 1. The predicted molar refractivity (Wildman–Crippen MR) is 96.7 cm³/mol. The van der Waals surface area contributed by atoms with Gasteiger partial charge in [-0.25, -0.2) is 20.0 Å². The molecule has 0 amide bonds. The van der Waals surface area contributed by atoms with E-state index in [9.17, 15) is 0 Å². The number of hydrogen-bond acceptors (Lipinski definition) is 9. The van der Waals surface area contributed by atoms with Gasteiger partial charge in [0.15, 0.2) is 5.82 Å². The molecule has 0 radical (unpaired) electrons. The molecular formula is C16H21N9. The molecule has 1 saturated heterocycles. The molecule has 1 unspecified atom stereocenters. The predicted octanol–water partition coefficient (Wildman–Crippen LogP) is -0.705. The van der Waals surface area contributed by atoms with E-state index in [4.69, 9.17) is 11.5 Å². The van der Waals surface area contributed by atoms with Gasteiger partial charge in [-0.15, -0.1) is 0 Å². The Labute approximate surface area is 145 Å². The summed E-state index contributed by atoms with van der Waals surface area (Å²) in [6.45, 7) is 3.67. The normalized spacial score (nSPS) is 23.6. The first-order valence-corrected chi connectivity index (χ1v) is 8.21. The number of aromatic nitrogens is 2. The van der Waals surface area contributed by atoms with Gasteiger partial charge in [-0.1, -0.05) is 30.3 Å². The summed E-state index contributed by atoms with van der Waals surface area (Å²) >= 11 is 0. The van der Waals surface area contributed by atoms with Gasteiger partial charge in [-0.3, -0.25) is 5.73 Å². The van der Waals surface area contributed by atoms with E-state index in [-0.39, 0.29) is 5.96 Å². The summed E-state index contributed by atoms with van der Waals surface area (Å²) in [4.78, 5) is 15.3. The largest absolute Gasteiger partial charge is 0.368 e. The molecule has 1 aromatic carbocycles. The van der Waals surface area contributed by atoms with Crippen molar-refractivity contribution in [2.45, 2.75) is 5.79 Å². The van der Waals surface area contributed by atoms with E-state index in [2.05, 4.69) is 30.6 Å². The molecular weight excluding hydrogens is 318 g/mol. The summed E-state index contributed by atoms with van der Waals surface area (Å²) in [6.07, 6.45) is 1.53. The summed E-state index contributed by atoms with van der Waals surface area (Å²) in [5, 5.41) is 4.92. The number of nitrogens with two attached hydrogens (primary N) is 2. The van der Waals surface area contributed by atoms with Gasteiger partial charge < -0.3 is 16.0 Å². The molecule has 0 aliphatic carbocycles. The number of nitrogens with one attached hydrogen (secondary N) is 2. The Kier molecular flexibility index (Phi) is 3.96. The van der Waals surface area contributed by atoms with Crippen LogP contribution in [0.15, 0.2) is 47.7 Å². The maximum Gasteiger partial charge on any atom is 0.215 e. The lowest BCUT2D eigenvalue weighted by molar-refractivity contribution is 0.397. The zero-order valence-electron chi connectivity index (χ0n) is 13.8. The first kappa shape index (κ1) is 15.8. The van der Waals surface area contributed by atoms with Gasteiger partial charge in [0.25, 0.3) is 0 Å². The second kappa shape index (κ2) is 6.28. The second-order valence-corrected chi connectivity index (χ2v) is 6.02. The minimum atomic E-state index is -1.12. The number of guanidine groups is 1. The molecule has 9 heteroatoms. The minimum Gasteiger partial charge on any atom is -0.368 e. The number of hydrogen-bond donors (Lipinski definition) is 4. The van der Waals surface area contributed by atoms with Gasteiger partial charge in [-0.05, 0) is 0 Å². The van der Waals surface area contributed by atoms with E-state index in [0.717, 1.165) is 37.6 Å². The van der Waals surface area contributed by atoms with Crippen molar-refractivity contribution in [1.82, 2.24) is 20.7 Å². The molecule has 0 spiro atoms. The monoisotopic (exact) mass is 339 g/mol. The van der Waals surface area contributed by atoms with E-state index < -0.39 is 5.79 Å². The van der Waals surface area contributed by atoms with E-state index in [0.29, 0.717) is 5.82 Å². The van der Waals surface area contributed by atoms with Gasteiger partial charge in [0.2, 0.25) is 11.7 Å². The van der Waals surface area contributed by atoms with Gasteiger partial charge in [0.05, 0.1) is 0 Å². The van der Waals surface area contributed by atoms with Crippen LogP contribution in [-0.2, 0) is 5.79 Å². The Morgan fingerprint density at radius 1 is 1.04 bits per heavy atom. The lowest BCUT2D eigenvalue weighted by Crippen LogP contribution is -2.53. The van der Waals surface area contributed by atoms with Crippen molar-refractivity contribution in [1.29, 1.82) is 0 Å². The van der Waals surface area contributed by atoms with Crippen LogP contribution in [-0.4, -0.2) is 42.1 Å². The summed E-state index contributed by atoms with van der Waals surface area (Å²) in [5.74, 6) is 0.602. The topological polar surface area (TPSA) is 121 Å². The van der Waals surface area contributed by atoms with Crippen LogP contribution >= 0.6 is 0 Å². The number of nitrogens with zero attached hydrogens (tertiary/aromatic N) is 5. The average molecular weight is 339 g/mol. The highest BCUT2D eigenvalue weighted by atomic mass is 15.7. The number of piperazine rings is 1. The fourth-order valence-electron chi connectivity index (χ4n) is 3.01. The summed E-state index contributed by atoms with van der Waals surface area (Å²) in [6, 6.07) is 11.4. The lowest BCUT2D eigenvalue weighted by Gasteiger charge is -2.29. The highest BCUT2D eigenvalue weighted by Crippen LogP contribution is 2.25. The summed E-state index contributed by atoms with van der Waals surface area (Å²) in [5.41, 5.74) is 16.5. The quantitative estimate of drug-likeness (QED) is 0.579. The van der Waals surface area contributed by atoms with Gasteiger partial charge in [0, 0.05) is 37.8 Å². The molecule has 3 heterocycles. The van der Waals surface area contributed by atoms with E-state index >= 15 is 0 Å². The van der Waals surface area contributed by atoms with Gasteiger partial charge >= 0.3 is 0 Å². The Bertz CT molecular complexity index is 772. The number of benzene rings is 1. The van der Waals surface area contributed by atoms with Crippen molar-refractivity contribution in [3.8, 4) is 0 Å². The average Bonchev–Trinajstić information content (AvgIpc) is 2.99.